The highest BCUT2D eigenvalue weighted by molar-refractivity contribution is 6.08. The molecule has 0 saturated carbocycles. The van der Waals surface area contributed by atoms with Crippen molar-refractivity contribution < 1.29 is 9.18 Å². The number of hydrogen-bond acceptors (Lipinski definition) is 2. The molecule has 1 amide bonds. The van der Waals surface area contributed by atoms with E-state index in [1.54, 1.807) is 12.1 Å². The number of amides is 1. The smallest absolute Gasteiger partial charge is 0.257 e. The van der Waals surface area contributed by atoms with Gasteiger partial charge in [0.25, 0.3) is 5.91 Å². The summed E-state index contributed by atoms with van der Waals surface area (Å²) in [5, 5.41) is 2.76. The van der Waals surface area contributed by atoms with Crippen LogP contribution in [0.4, 0.5) is 15.8 Å². The third-order valence-corrected chi connectivity index (χ3v) is 3.68. The number of nitrogens with zero attached hydrogens (tertiary/aromatic N) is 1. The first kappa shape index (κ1) is 13.6. The molecule has 21 heavy (non-hydrogen) atoms. The molecule has 4 heteroatoms. The van der Waals surface area contributed by atoms with Gasteiger partial charge in [0.15, 0.2) is 0 Å². The van der Waals surface area contributed by atoms with Crippen molar-refractivity contribution in [2.24, 2.45) is 0 Å². The molecule has 108 valence electrons. The summed E-state index contributed by atoms with van der Waals surface area (Å²) in [7, 11) is 0. The first-order valence-electron chi connectivity index (χ1n) is 7.15. The van der Waals surface area contributed by atoms with E-state index in [1.165, 1.54) is 12.1 Å². The largest absolute Gasteiger partial charge is 0.371 e. The maximum Gasteiger partial charge on any atom is 0.257 e. The van der Waals surface area contributed by atoms with E-state index >= 15 is 0 Å². The molecular formula is C17H17FN2O. The lowest BCUT2D eigenvalue weighted by molar-refractivity contribution is 0.102. The van der Waals surface area contributed by atoms with Crippen molar-refractivity contribution >= 4 is 17.3 Å². The summed E-state index contributed by atoms with van der Waals surface area (Å²) in [4.78, 5) is 14.7. The fraction of sp³-hybridized carbons (Fsp3) is 0.235. The minimum Gasteiger partial charge on any atom is -0.371 e. The molecule has 0 aromatic heterocycles. The summed E-state index contributed by atoms with van der Waals surface area (Å²) >= 11 is 0. The SMILES string of the molecule is O=C(Nc1cccc(F)c1)c1ccccc1N1CCCC1. The molecular weight excluding hydrogens is 267 g/mol. The molecule has 1 saturated heterocycles. The molecule has 1 aliphatic rings. The molecule has 0 spiro atoms. The number of carbonyl (C=O) groups is 1. The normalized spacial score (nSPS) is 14.2. The minimum atomic E-state index is -0.361. The van der Waals surface area contributed by atoms with Crippen LogP contribution >= 0.6 is 0 Å². The van der Waals surface area contributed by atoms with Crippen LogP contribution in [0.3, 0.4) is 0 Å². The van der Waals surface area contributed by atoms with Crippen molar-refractivity contribution in [3.8, 4) is 0 Å². The predicted octanol–water partition coefficient (Wildman–Crippen LogP) is 3.68. The van der Waals surface area contributed by atoms with Gasteiger partial charge in [0.1, 0.15) is 5.82 Å². The van der Waals surface area contributed by atoms with Gasteiger partial charge in [-0.3, -0.25) is 4.79 Å². The second kappa shape index (κ2) is 5.95. The monoisotopic (exact) mass is 284 g/mol. The Kier molecular flexibility index (Phi) is 3.86. The maximum atomic E-state index is 13.2. The fourth-order valence-corrected chi connectivity index (χ4v) is 2.66. The zero-order valence-corrected chi connectivity index (χ0v) is 11.7. The quantitative estimate of drug-likeness (QED) is 0.932. The minimum absolute atomic E-state index is 0.205. The number of para-hydroxylation sites is 1. The lowest BCUT2D eigenvalue weighted by Gasteiger charge is -2.20. The average molecular weight is 284 g/mol. The van der Waals surface area contributed by atoms with Crippen molar-refractivity contribution in [3.63, 3.8) is 0 Å². The first-order chi connectivity index (χ1) is 10.2. The van der Waals surface area contributed by atoms with E-state index in [-0.39, 0.29) is 11.7 Å². The van der Waals surface area contributed by atoms with E-state index < -0.39 is 0 Å². The highest BCUT2D eigenvalue weighted by atomic mass is 19.1. The lowest BCUT2D eigenvalue weighted by Crippen LogP contribution is -2.22. The Morgan fingerprint density at radius 2 is 1.81 bits per heavy atom. The standard InChI is InChI=1S/C17H17FN2O/c18-13-6-5-7-14(12-13)19-17(21)15-8-1-2-9-16(15)20-10-3-4-11-20/h1-2,5-9,12H,3-4,10-11H2,(H,19,21). The van der Waals surface area contributed by atoms with Gasteiger partial charge < -0.3 is 10.2 Å². The molecule has 0 atom stereocenters. The summed E-state index contributed by atoms with van der Waals surface area (Å²) in [6, 6.07) is 13.5. The zero-order chi connectivity index (χ0) is 14.7. The van der Waals surface area contributed by atoms with Gasteiger partial charge in [0, 0.05) is 24.5 Å². The third kappa shape index (κ3) is 3.05. The van der Waals surface area contributed by atoms with E-state index in [4.69, 9.17) is 0 Å². The van der Waals surface area contributed by atoms with Crippen LogP contribution < -0.4 is 10.2 Å². The summed E-state index contributed by atoms with van der Waals surface area (Å²) in [5.74, 6) is -0.566. The van der Waals surface area contributed by atoms with E-state index in [9.17, 15) is 9.18 Å². The van der Waals surface area contributed by atoms with Crippen molar-refractivity contribution in [3.05, 3.63) is 59.9 Å². The second-order valence-electron chi connectivity index (χ2n) is 5.18. The number of rotatable bonds is 3. The Hall–Kier alpha value is -2.36. The lowest BCUT2D eigenvalue weighted by atomic mass is 10.1. The average Bonchev–Trinajstić information content (AvgIpc) is 3.01. The van der Waals surface area contributed by atoms with Gasteiger partial charge in [-0.2, -0.15) is 0 Å². The summed E-state index contributed by atoms with van der Waals surface area (Å²) in [6.07, 6.45) is 2.31. The Bertz CT molecular complexity index is 651. The van der Waals surface area contributed by atoms with E-state index in [1.807, 2.05) is 24.3 Å². The van der Waals surface area contributed by atoms with Crippen molar-refractivity contribution in [2.75, 3.05) is 23.3 Å². The molecule has 0 aliphatic carbocycles. The summed E-state index contributed by atoms with van der Waals surface area (Å²) in [6.45, 7) is 1.95. The predicted molar refractivity (Wildman–Crippen MR) is 82.2 cm³/mol. The van der Waals surface area contributed by atoms with Crippen LogP contribution in [0.25, 0.3) is 0 Å². The van der Waals surface area contributed by atoms with Crippen molar-refractivity contribution in [2.45, 2.75) is 12.8 Å². The van der Waals surface area contributed by atoms with E-state index in [2.05, 4.69) is 10.2 Å². The van der Waals surface area contributed by atoms with Crippen molar-refractivity contribution in [1.29, 1.82) is 0 Å². The topological polar surface area (TPSA) is 32.3 Å². The highest BCUT2D eigenvalue weighted by Crippen LogP contribution is 2.25. The molecule has 0 unspecified atom stereocenters. The third-order valence-electron chi connectivity index (χ3n) is 3.68. The van der Waals surface area contributed by atoms with Crippen LogP contribution in [0.5, 0.6) is 0 Å². The Morgan fingerprint density at radius 3 is 2.57 bits per heavy atom. The zero-order valence-electron chi connectivity index (χ0n) is 11.7. The van der Waals surface area contributed by atoms with Gasteiger partial charge in [0.05, 0.1) is 5.56 Å². The molecule has 2 aromatic carbocycles. The van der Waals surface area contributed by atoms with Gasteiger partial charge in [-0.1, -0.05) is 18.2 Å². The Morgan fingerprint density at radius 1 is 1.05 bits per heavy atom. The van der Waals surface area contributed by atoms with Crippen LogP contribution in [0, 0.1) is 5.82 Å². The highest BCUT2D eigenvalue weighted by Gasteiger charge is 2.19. The van der Waals surface area contributed by atoms with Crippen LogP contribution in [0.1, 0.15) is 23.2 Å². The molecule has 3 nitrogen and oxygen atoms in total. The number of hydrogen-bond donors (Lipinski definition) is 1. The summed E-state index contributed by atoms with van der Waals surface area (Å²) < 4.78 is 13.2. The molecule has 1 fully saturated rings. The molecule has 0 radical (unpaired) electrons. The maximum absolute atomic E-state index is 13.2. The van der Waals surface area contributed by atoms with Gasteiger partial charge in [0.2, 0.25) is 0 Å². The molecule has 1 heterocycles. The molecule has 1 aliphatic heterocycles. The summed E-state index contributed by atoms with van der Waals surface area (Å²) in [5.41, 5.74) is 2.05. The van der Waals surface area contributed by atoms with Crippen LogP contribution in [-0.4, -0.2) is 19.0 Å². The second-order valence-corrected chi connectivity index (χ2v) is 5.18. The number of halogens is 1. The molecule has 2 aromatic rings. The fourth-order valence-electron chi connectivity index (χ4n) is 2.66. The van der Waals surface area contributed by atoms with Gasteiger partial charge in [-0.05, 0) is 43.2 Å². The molecule has 0 bridgehead atoms. The number of anilines is 2. The van der Waals surface area contributed by atoms with Gasteiger partial charge in [-0.25, -0.2) is 4.39 Å². The Labute approximate surface area is 123 Å². The number of carbonyl (C=O) groups excluding carboxylic acids is 1. The molecule has 3 rings (SSSR count). The van der Waals surface area contributed by atoms with Gasteiger partial charge >= 0.3 is 0 Å². The Balaban J connectivity index is 1.84. The number of nitrogens with one attached hydrogen (secondary N) is 1. The van der Waals surface area contributed by atoms with Crippen LogP contribution in [0.15, 0.2) is 48.5 Å². The molecule has 1 N–H and O–H groups in total. The number of benzene rings is 2. The van der Waals surface area contributed by atoms with Crippen molar-refractivity contribution in [1.82, 2.24) is 0 Å². The van der Waals surface area contributed by atoms with Crippen LogP contribution in [0.2, 0.25) is 0 Å². The van der Waals surface area contributed by atoms with E-state index in [0.29, 0.717) is 11.3 Å². The van der Waals surface area contributed by atoms with Crippen LogP contribution in [-0.2, 0) is 0 Å². The van der Waals surface area contributed by atoms with Gasteiger partial charge in [-0.15, -0.1) is 0 Å². The first-order valence-corrected chi connectivity index (χ1v) is 7.15. The van der Waals surface area contributed by atoms with E-state index in [0.717, 1.165) is 31.6 Å².